The molecule has 0 bridgehead atoms. The molecule has 1 N–H and O–H groups in total. The van der Waals surface area contributed by atoms with Crippen LogP contribution in [0.1, 0.15) is 74.8 Å². The maximum atomic E-state index is 11.3. The molecule has 1 fully saturated rings. The number of likely N-dealkylation sites (tertiary alicyclic amines) is 1. The Morgan fingerprint density at radius 2 is 1.67 bits per heavy atom. The average molecular weight is 584 g/mol. The molecule has 0 aliphatic carbocycles. The van der Waals surface area contributed by atoms with Gasteiger partial charge in [-0.1, -0.05) is 62.2 Å². The predicted octanol–water partition coefficient (Wildman–Crippen LogP) is 7.53. The van der Waals surface area contributed by atoms with Crippen LogP contribution in [0.3, 0.4) is 0 Å². The van der Waals surface area contributed by atoms with Crippen LogP contribution >= 0.6 is 0 Å². The van der Waals surface area contributed by atoms with Crippen LogP contribution in [0.15, 0.2) is 47.0 Å². The minimum Gasteiger partial charge on any atom is -0.481 e. The van der Waals surface area contributed by atoms with Gasteiger partial charge in [0.1, 0.15) is 0 Å². The van der Waals surface area contributed by atoms with Crippen molar-refractivity contribution in [1.82, 2.24) is 24.8 Å². The Hall–Kier alpha value is -3.78. The standard InChI is InChI=1S/C35H45N5O3/c1-7-26(8-2)25(6)40-32(27-12-10-9-11-13-27)24(5)31(37-40)34-36-33(38-43-34)29-20-22(3)30(23(4)21-29)16-19-39-17-14-28(15-18-39)35(41)42/h9-13,20-21,25-26,28H,7-8,14-19H2,1-6H3,(H,41,42). The highest BCUT2D eigenvalue weighted by Gasteiger charge is 2.27. The highest BCUT2D eigenvalue weighted by atomic mass is 16.5. The molecule has 228 valence electrons. The molecule has 3 heterocycles. The zero-order valence-electron chi connectivity index (χ0n) is 26.4. The van der Waals surface area contributed by atoms with Crippen LogP contribution in [0, 0.1) is 32.6 Å². The van der Waals surface area contributed by atoms with Gasteiger partial charge in [0, 0.05) is 23.2 Å². The maximum absolute atomic E-state index is 11.3. The second-order valence-corrected chi connectivity index (χ2v) is 12.2. The van der Waals surface area contributed by atoms with Crippen molar-refractivity contribution < 1.29 is 14.4 Å². The Kier molecular flexibility index (Phi) is 9.45. The number of carboxylic acid groups (broad SMARTS) is 1. The Morgan fingerprint density at radius 1 is 1.02 bits per heavy atom. The normalized spacial score (nSPS) is 15.3. The third-order valence-corrected chi connectivity index (χ3v) is 9.51. The molecule has 43 heavy (non-hydrogen) atoms. The summed E-state index contributed by atoms with van der Waals surface area (Å²) in [4.78, 5) is 18.5. The maximum Gasteiger partial charge on any atom is 0.306 e. The molecule has 2 aromatic carbocycles. The van der Waals surface area contributed by atoms with Gasteiger partial charge in [0.2, 0.25) is 5.82 Å². The van der Waals surface area contributed by atoms with Crippen LogP contribution in [0.25, 0.3) is 34.2 Å². The quantitative estimate of drug-likeness (QED) is 0.195. The molecule has 8 heteroatoms. The molecule has 1 saturated heterocycles. The Bertz CT molecular complexity index is 1520. The molecule has 1 atom stereocenters. The fraction of sp³-hybridized carbons (Fsp3) is 0.486. The van der Waals surface area contributed by atoms with Crippen molar-refractivity contribution in [3.05, 3.63) is 64.7 Å². The van der Waals surface area contributed by atoms with Gasteiger partial charge in [-0.3, -0.25) is 9.48 Å². The van der Waals surface area contributed by atoms with Gasteiger partial charge < -0.3 is 14.5 Å². The summed E-state index contributed by atoms with van der Waals surface area (Å²) in [6.45, 7) is 15.7. The molecule has 2 aromatic heterocycles. The smallest absolute Gasteiger partial charge is 0.306 e. The van der Waals surface area contributed by atoms with E-state index < -0.39 is 5.97 Å². The van der Waals surface area contributed by atoms with E-state index in [1.807, 2.05) is 6.07 Å². The SMILES string of the molecule is CCC(CC)C(C)n1nc(-c2nc(-c3cc(C)c(CCN4CCC(C(=O)O)CC4)c(C)c3)no2)c(C)c1-c1ccccc1. The highest BCUT2D eigenvalue weighted by molar-refractivity contribution is 5.72. The van der Waals surface area contributed by atoms with E-state index in [9.17, 15) is 9.90 Å². The number of hydrogen-bond acceptors (Lipinski definition) is 6. The Balaban J connectivity index is 1.39. The second-order valence-electron chi connectivity index (χ2n) is 12.2. The van der Waals surface area contributed by atoms with Crippen LogP contribution < -0.4 is 0 Å². The summed E-state index contributed by atoms with van der Waals surface area (Å²) in [5, 5.41) is 18.8. The van der Waals surface area contributed by atoms with Gasteiger partial charge in [-0.05, 0) is 94.8 Å². The second kappa shape index (κ2) is 13.2. The minimum atomic E-state index is -0.664. The monoisotopic (exact) mass is 583 g/mol. The van der Waals surface area contributed by atoms with Crippen molar-refractivity contribution in [1.29, 1.82) is 0 Å². The lowest BCUT2D eigenvalue weighted by molar-refractivity contribution is -0.143. The number of rotatable bonds is 11. The zero-order chi connectivity index (χ0) is 30.7. The fourth-order valence-electron chi connectivity index (χ4n) is 6.76. The number of carbonyl (C=O) groups is 1. The summed E-state index contributed by atoms with van der Waals surface area (Å²) in [6, 6.07) is 14.9. The number of carboxylic acids is 1. The van der Waals surface area contributed by atoms with Gasteiger partial charge in [-0.15, -0.1) is 0 Å². The molecule has 4 aromatic rings. The summed E-state index contributed by atoms with van der Waals surface area (Å²) in [6.07, 6.45) is 4.56. The third-order valence-electron chi connectivity index (χ3n) is 9.51. The molecular formula is C35H45N5O3. The first-order valence-corrected chi connectivity index (χ1v) is 15.8. The first-order valence-electron chi connectivity index (χ1n) is 15.8. The van der Waals surface area contributed by atoms with Crippen molar-refractivity contribution in [2.75, 3.05) is 19.6 Å². The first-order chi connectivity index (χ1) is 20.7. The first kappa shape index (κ1) is 30.7. The van der Waals surface area contributed by atoms with E-state index >= 15 is 0 Å². The fourth-order valence-corrected chi connectivity index (χ4v) is 6.76. The lowest BCUT2D eigenvalue weighted by atomic mass is 9.94. The summed E-state index contributed by atoms with van der Waals surface area (Å²) in [7, 11) is 0. The van der Waals surface area contributed by atoms with Crippen LogP contribution in [-0.2, 0) is 11.2 Å². The summed E-state index contributed by atoms with van der Waals surface area (Å²) >= 11 is 0. The Labute approximate surface area is 255 Å². The average Bonchev–Trinajstić information content (AvgIpc) is 3.62. The zero-order valence-corrected chi connectivity index (χ0v) is 26.4. The van der Waals surface area contributed by atoms with Crippen molar-refractivity contribution in [3.8, 4) is 34.2 Å². The number of nitrogens with zero attached hydrogens (tertiary/aromatic N) is 5. The molecule has 0 amide bonds. The molecule has 1 aliphatic rings. The van der Waals surface area contributed by atoms with E-state index in [2.05, 4.69) is 92.7 Å². The highest BCUT2D eigenvalue weighted by Crippen LogP contribution is 2.37. The van der Waals surface area contributed by atoms with Gasteiger partial charge in [-0.25, -0.2) is 0 Å². The Morgan fingerprint density at radius 3 is 2.28 bits per heavy atom. The summed E-state index contributed by atoms with van der Waals surface area (Å²) in [5.74, 6) is 0.641. The lowest BCUT2D eigenvalue weighted by Gasteiger charge is -2.30. The van der Waals surface area contributed by atoms with Gasteiger partial charge in [0.15, 0.2) is 5.69 Å². The van der Waals surface area contributed by atoms with Gasteiger partial charge in [0.05, 0.1) is 17.7 Å². The number of benzene rings is 2. The van der Waals surface area contributed by atoms with Crippen LogP contribution in [0.2, 0.25) is 0 Å². The van der Waals surface area contributed by atoms with E-state index in [1.165, 1.54) is 16.7 Å². The van der Waals surface area contributed by atoms with E-state index in [0.717, 1.165) is 79.8 Å². The van der Waals surface area contributed by atoms with Crippen molar-refractivity contribution >= 4 is 5.97 Å². The number of piperidine rings is 1. The van der Waals surface area contributed by atoms with E-state index in [0.29, 0.717) is 17.6 Å². The van der Waals surface area contributed by atoms with Crippen molar-refractivity contribution in [3.63, 3.8) is 0 Å². The van der Waals surface area contributed by atoms with Crippen molar-refractivity contribution in [2.45, 2.75) is 79.7 Å². The number of aromatic nitrogens is 4. The number of aliphatic carboxylic acids is 1. The number of hydrogen-bond donors (Lipinski definition) is 1. The molecule has 1 unspecified atom stereocenters. The molecule has 0 spiro atoms. The summed E-state index contributed by atoms with van der Waals surface area (Å²) in [5.41, 5.74) is 8.65. The molecule has 8 nitrogen and oxygen atoms in total. The number of aryl methyl sites for hydroxylation is 2. The predicted molar refractivity (Wildman–Crippen MR) is 170 cm³/mol. The molecular weight excluding hydrogens is 538 g/mol. The van der Waals surface area contributed by atoms with E-state index in [1.54, 1.807) is 0 Å². The van der Waals surface area contributed by atoms with Gasteiger partial charge >= 0.3 is 5.97 Å². The van der Waals surface area contributed by atoms with Crippen molar-refractivity contribution in [2.24, 2.45) is 11.8 Å². The molecule has 1 aliphatic heterocycles. The van der Waals surface area contributed by atoms with E-state index in [-0.39, 0.29) is 12.0 Å². The minimum absolute atomic E-state index is 0.200. The van der Waals surface area contributed by atoms with E-state index in [4.69, 9.17) is 14.6 Å². The third kappa shape index (κ3) is 6.44. The summed E-state index contributed by atoms with van der Waals surface area (Å²) < 4.78 is 8.02. The molecule has 0 saturated carbocycles. The van der Waals surface area contributed by atoms with Crippen LogP contribution in [0.4, 0.5) is 0 Å². The molecule has 5 rings (SSSR count). The van der Waals surface area contributed by atoms with Crippen LogP contribution in [0.5, 0.6) is 0 Å². The van der Waals surface area contributed by atoms with Gasteiger partial charge in [-0.2, -0.15) is 10.1 Å². The largest absolute Gasteiger partial charge is 0.481 e. The molecule has 0 radical (unpaired) electrons. The lowest BCUT2D eigenvalue weighted by Crippen LogP contribution is -2.37. The topological polar surface area (TPSA) is 97.3 Å². The van der Waals surface area contributed by atoms with Gasteiger partial charge in [0.25, 0.3) is 5.89 Å². The van der Waals surface area contributed by atoms with Crippen LogP contribution in [-0.4, -0.2) is 55.5 Å².